The Bertz CT molecular complexity index is 411. The Balaban J connectivity index is 2.76. The summed E-state index contributed by atoms with van der Waals surface area (Å²) in [5.41, 5.74) is -1.03. The molecular formula is C14H21F2NO. The molecule has 1 aromatic rings. The number of hydrogen-bond acceptors (Lipinski definition) is 2. The summed E-state index contributed by atoms with van der Waals surface area (Å²) in [6.45, 7) is 7.90. The van der Waals surface area contributed by atoms with Gasteiger partial charge < -0.3 is 10.4 Å². The third-order valence-corrected chi connectivity index (χ3v) is 2.78. The first-order valence-corrected chi connectivity index (χ1v) is 6.00. The van der Waals surface area contributed by atoms with E-state index in [-0.39, 0.29) is 0 Å². The minimum Gasteiger partial charge on any atom is -0.389 e. The maximum atomic E-state index is 13.7. The van der Waals surface area contributed by atoms with Crippen molar-refractivity contribution in [2.45, 2.75) is 38.7 Å². The van der Waals surface area contributed by atoms with E-state index in [9.17, 15) is 13.9 Å². The third-order valence-electron chi connectivity index (χ3n) is 2.78. The highest BCUT2D eigenvalue weighted by Gasteiger charge is 2.25. The van der Waals surface area contributed by atoms with Gasteiger partial charge in [-0.05, 0) is 37.6 Å². The molecule has 0 amide bonds. The van der Waals surface area contributed by atoms with Crippen molar-refractivity contribution in [2.75, 3.05) is 13.1 Å². The van der Waals surface area contributed by atoms with Crippen molar-refractivity contribution in [3.8, 4) is 0 Å². The molecule has 102 valence electrons. The number of aliphatic hydroxyl groups is 1. The van der Waals surface area contributed by atoms with Crippen LogP contribution in [0.5, 0.6) is 0 Å². The van der Waals surface area contributed by atoms with Crippen LogP contribution < -0.4 is 5.32 Å². The Kier molecular flexibility index (Phi) is 4.46. The van der Waals surface area contributed by atoms with Crippen LogP contribution in [-0.4, -0.2) is 23.8 Å². The van der Waals surface area contributed by atoms with Crippen molar-refractivity contribution in [2.24, 2.45) is 0 Å². The quantitative estimate of drug-likeness (QED) is 0.850. The zero-order valence-electron chi connectivity index (χ0n) is 11.3. The van der Waals surface area contributed by atoms with Crippen molar-refractivity contribution < 1.29 is 13.9 Å². The molecule has 1 aromatic carbocycles. The maximum absolute atomic E-state index is 13.7. The molecule has 0 fully saturated rings. The van der Waals surface area contributed by atoms with Crippen LogP contribution >= 0.6 is 0 Å². The van der Waals surface area contributed by atoms with Crippen LogP contribution in [-0.2, 0) is 5.41 Å². The number of hydrogen-bond donors (Lipinski definition) is 2. The molecule has 18 heavy (non-hydrogen) atoms. The van der Waals surface area contributed by atoms with E-state index in [0.29, 0.717) is 18.7 Å². The lowest BCUT2D eigenvalue weighted by Crippen LogP contribution is -2.41. The van der Waals surface area contributed by atoms with Gasteiger partial charge >= 0.3 is 0 Å². The summed E-state index contributed by atoms with van der Waals surface area (Å²) in [5, 5.41) is 12.7. The molecule has 1 rings (SSSR count). The molecule has 0 aliphatic rings. The number of halogens is 2. The molecule has 4 heteroatoms. The molecule has 0 aromatic heterocycles. The van der Waals surface area contributed by atoms with Gasteiger partial charge in [0.1, 0.15) is 11.6 Å². The highest BCUT2D eigenvalue weighted by atomic mass is 19.1. The van der Waals surface area contributed by atoms with Gasteiger partial charge in [-0.25, -0.2) is 8.78 Å². The smallest absolute Gasteiger partial charge is 0.127 e. The summed E-state index contributed by atoms with van der Waals surface area (Å²) in [7, 11) is 0. The van der Waals surface area contributed by atoms with E-state index >= 15 is 0 Å². The van der Waals surface area contributed by atoms with Gasteiger partial charge in [-0.1, -0.05) is 13.8 Å². The van der Waals surface area contributed by atoms with E-state index in [1.165, 1.54) is 6.07 Å². The maximum Gasteiger partial charge on any atom is 0.127 e. The van der Waals surface area contributed by atoms with Gasteiger partial charge in [0.15, 0.2) is 0 Å². The Morgan fingerprint density at radius 3 is 2.28 bits per heavy atom. The van der Waals surface area contributed by atoms with E-state index in [0.717, 1.165) is 12.1 Å². The zero-order valence-corrected chi connectivity index (χ0v) is 11.3. The van der Waals surface area contributed by atoms with E-state index in [1.807, 2.05) is 13.8 Å². The SMILES string of the molecule is CC(C)(O)CNCC(C)(C)c1cc(F)ccc1F. The highest BCUT2D eigenvalue weighted by Crippen LogP contribution is 2.26. The third kappa shape index (κ3) is 4.35. The molecule has 0 spiro atoms. The Morgan fingerprint density at radius 1 is 1.11 bits per heavy atom. The van der Waals surface area contributed by atoms with E-state index in [4.69, 9.17) is 0 Å². The average molecular weight is 257 g/mol. The molecule has 0 aliphatic heterocycles. The van der Waals surface area contributed by atoms with E-state index < -0.39 is 22.7 Å². The van der Waals surface area contributed by atoms with Crippen molar-refractivity contribution >= 4 is 0 Å². The van der Waals surface area contributed by atoms with Crippen molar-refractivity contribution in [3.63, 3.8) is 0 Å². The average Bonchev–Trinajstić information content (AvgIpc) is 2.19. The van der Waals surface area contributed by atoms with E-state index in [2.05, 4.69) is 5.32 Å². The summed E-state index contributed by atoms with van der Waals surface area (Å²) >= 11 is 0. The predicted molar refractivity (Wildman–Crippen MR) is 68.6 cm³/mol. The first-order valence-electron chi connectivity index (χ1n) is 6.00. The second kappa shape index (κ2) is 5.33. The van der Waals surface area contributed by atoms with Gasteiger partial charge in [0, 0.05) is 18.5 Å². The van der Waals surface area contributed by atoms with Crippen LogP contribution in [0, 0.1) is 11.6 Å². The molecule has 0 saturated heterocycles. The van der Waals surface area contributed by atoms with Crippen molar-refractivity contribution in [1.29, 1.82) is 0 Å². The fourth-order valence-electron chi connectivity index (χ4n) is 1.79. The molecule has 0 unspecified atom stereocenters. The molecule has 0 aliphatic carbocycles. The Labute approximate surface area is 107 Å². The molecule has 0 heterocycles. The molecule has 0 saturated carbocycles. The molecule has 2 N–H and O–H groups in total. The molecule has 0 bridgehead atoms. The van der Waals surface area contributed by atoms with Gasteiger partial charge in [-0.3, -0.25) is 0 Å². The summed E-state index contributed by atoms with van der Waals surface area (Å²) in [6, 6.07) is 3.47. The number of rotatable bonds is 5. The summed E-state index contributed by atoms with van der Waals surface area (Å²) < 4.78 is 26.8. The lowest BCUT2D eigenvalue weighted by Gasteiger charge is -2.28. The lowest BCUT2D eigenvalue weighted by molar-refractivity contribution is 0.0785. The van der Waals surface area contributed by atoms with Crippen LogP contribution in [0.25, 0.3) is 0 Å². The lowest BCUT2D eigenvalue weighted by atomic mass is 9.84. The van der Waals surface area contributed by atoms with Crippen LogP contribution in [0.4, 0.5) is 8.78 Å². The summed E-state index contributed by atoms with van der Waals surface area (Å²) in [4.78, 5) is 0. The van der Waals surface area contributed by atoms with Crippen molar-refractivity contribution in [3.05, 3.63) is 35.4 Å². The monoisotopic (exact) mass is 257 g/mol. The van der Waals surface area contributed by atoms with Crippen LogP contribution in [0.3, 0.4) is 0 Å². The second-order valence-corrected chi connectivity index (χ2v) is 5.92. The minimum absolute atomic E-state index is 0.339. The fourth-order valence-corrected chi connectivity index (χ4v) is 1.79. The first kappa shape index (κ1) is 15.1. The van der Waals surface area contributed by atoms with E-state index in [1.54, 1.807) is 13.8 Å². The van der Waals surface area contributed by atoms with Gasteiger partial charge in [0.05, 0.1) is 5.60 Å². The van der Waals surface area contributed by atoms with Gasteiger partial charge in [-0.2, -0.15) is 0 Å². The largest absolute Gasteiger partial charge is 0.389 e. The second-order valence-electron chi connectivity index (χ2n) is 5.92. The number of benzene rings is 1. The first-order chi connectivity index (χ1) is 8.12. The standard InChI is InChI=1S/C14H21F2NO/c1-13(2,8-17-9-14(3,4)18)11-7-10(15)5-6-12(11)16/h5-7,17-18H,8-9H2,1-4H3. The highest BCUT2D eigenvalue weighted by molar-refractivity contribution is 5.26. The Hall–Kier alpha value is -1.00. The predicted octanol–water partition coefficient (Wildman–Crippen LogP) is 2.60. The summed E-state index contributed by atoms with van der Waals surface area (Å²) in [6.07, 6.45) is 0. The van der Waals surface area contributed by atoms with Gasteiger partial charge in [0.25, 0.3) is 0 Å². The number of nitrogens with one attached hydrogen (secondary N) is 1. The molecule has 0 atom stereocenters. The normalized spacial score (nSPS) is 12.8. The molecular weight excluding hydrogens is 236 g/mol. The van der Waals surface area contributed by atoms with Gasteiger partial charge in [0.2, 0.25) is 0 Å². The minimum atomic E-state index is -0.823. The molecule has 0 radical (unpaired) electrons. The van der Waals surface area contributed by atoms with Gasteiger partial charge in [-0.15, -0.1) is 0 Å². The molecule has 2 nitrogen and oxygen atoms in total. The van der Waals surface area contributed by atoms with Crippen LogP contribution in [0.15, 0.2) is 18.2 Å². The van der Waals surface area contributed by atoms with Crippen LogP contribution in [0.2, 0.25) is 0 Å². The van der Waals surface area contributed by atoms with Crippen LogP contribution in [0.1, 0.15) is 33.3 Å². The fraction of sp³-hybridized carbons (Fsp3) is 0.571. The Morgan fingerprint density at radius 2 is 1.72 bits per heavy atom. The van der Waals surface area contributed by atoms with Crippen molar-refractivity contribution in [1.82, 2.24) is 5.32 Å². The zero-order chi connectivity index (χ0) is 14.0. The topological polar surface area (TPSA) is 32.3 Å². The summed E-state index contributed by atoms with van der Waals surface area (Å²) in [5.74, 6) is -0.853.